The maximum atomic E-state index is 11.8. The molecule has 0 aliphatic heterocycles. The predicted octanol–water partition coefficient (Wildman–Crippen LogP) is 3.15. The predicted molar refractivity (Wildman–Crippen MR) is 76.8 cm³/mol. The van der Waals surface area contributed by atoms with E-state index < -0.39 is 14.8 Å². The average Bonchev–Trinajstić information content (AvgIpc) is 2.39. The van der Waals surface area contributed by atoms with Gasteiger partial charge in [0.1, 0.15) is 0 Å². The van der Waals surface area contributed by atoms with Gasteiger partial charge in [0.05, 0.1) is 9.82 Å². The van der Waals surface area contributed by atoms with E-state index in [2.05, 4.69) is 0 Å². The Hall–Kier alpha value is -1.86. The molecule has 2 aromatic carbocycles. The Morgan fingerprint density at radius 2 is 1.75 bits per heavy atom. The van der Waals surface area contributed by atoms with Crippen LogP contribution in [-0.2, 0) is 9.84 Å². The highest BCUT2D eigenvalue weighted by molar-refractivity contribution is 8.00. The second-order valence-corrected chi connectivity index (χ2v) is 7.17. The van der Waals surface area contributed by atoms with Gasteiger partial charge in [-0.3, -0.25) is 10.1 Å². The van der Waals surface area contributed by atoms with Crippen molar-refractivity contribution in [3.8, 4) is 0 Å². The molecule has 0 radical (unpaired) electrons. The van der Waals surface area contributed by atoms with E-state index in [1.165, 1.54) is 23.9 Å². The number of non-ortho nitro benzene ring substituents is 1. The number of rotatable bonds is 4. The summed E-state index contributed by atoms with van der Waals surface area (Å²) in [6.07, 6.45) is 1.04. The minimum atomic E-state index is -3.53. The Bertz CT molecular complexity index is 742. The summed E-state index contributed by atoms with van der Waals surface area (Å²) in [7, 11) is -3.53. The van der Waals surface area contributed by atoms with Crippen LogP contribution in [0.3, 0.4) is 0 Å². The molecule has 0 saturated heterocycles. The van der Waals surface area contributed by atoms with Gasteiger partial charge in [0, 0.05) is 28.2 Å². The maximum Gasteiger partial charge on any atom is 0.270 e. The molecule has 2 rings (SSSR count). The summed E-state index contributed by atoms with van der Waals surface area (Å²) in [5, 5.41) is 10.8. The molecular weight excluding hydrogens is 298 g/mol. The van der Waals surface area contributed by atoms with Gasteiger partial charge in [-0.05, 0) is 18.2 Å². The number of hydrogen-bond donors (Lipinski definition) is 0. The zero-order chi connectivity index (χ0) is 14.8. The fraction of sp³-hybridized carbons (Fsp3) is 0.0769. The summed E-state index contributed by atoms with van der Waals surface area (Å²) in [6, 6.07) is 13.1. The molecule has 0 spiro atoms. The van der Waals surface area contributed by atoms with Gasteiger partial charge in [0.25, 0.3) is 5.69 Å². The van der Waals surface area contributed by atoms with E-state index in [0.717, 1.165) is 17.2 Å². The molecule has 0 aromatic heterocycles. The third kappa shape index (κ3) is 3.37. The van der Waals surface area contributed by atoms with E-state index in [9.17, 15) is 18.5 Å². The van der Waals surface area contributed by atoms with Crippen molar-refractivity contribution in [2.24, 2.45) is 0 Å². The van der Waals surface area contributed by atoms with Crippen LogP contribution < -0.4 is 0 Å². The largest absolute Gasteiger partial charge is 0.270 e. The summed E-state index contributed by atoms with van der Waals surface area (Å²) >= 11 is 1.26. The van der Waals surface area contributed by atoms with Crippen molar-refractivity contribution in [3.05, 3.63) is 58.6 Å². The molecule has 7 heteroatoms. The Morgan fingerprint density at radius 1 is 1.10 bits per heavy atom. The Morgan fingerprint density at radius 3 is 2.30 bits per heavy atom. The van der Waals surface area contributed by atoms with E-state index >= 15 is 0 Å². The molecule has 0 atom stereocenters. The van der Waals surface area contributed by atoms with Crippen molar-refractivity contribution in [1.29, 1.82) is 0 Å². The lowest BCUT2D eigenvalue weighted by molar-refractivity contribution is -0.385. The fourth-order valence-electron chi connectivity index (χ4n) is 1.60. The number of nitro groups is 1. The van der Waals surface area contributed by atoms with E-state index in [-0.39, 0.29) is 10.6 Å². The van der Waals surface area contributed by atoms with Crippen LogP contribution in [0.5, 0.6) is 0 Å². The van der Waals surface area contributed by atoms with Gasteiger partial charge >= 0.3 is 0 Å². The molecule has 2 aromatic rings. The first-order valence-corrected chi connectivity index (χ1v) is 8.30. The standard InChI is InChI=1S/C13H11NO4S2/c1-20(17,18)13-9-10(14(15)16)7-8-12(13)19-11-5-3-2-4-6-11/h2-9H,1H3. The highest BCUT2D eigenvalue weighted by Crippen LogP contribution is 2.34. The van der Waals surface area contributed by atoms with Gasteiger partial charge in [0.2, 0.25) is 0 Å². The van der Waals surface area contributed by atoms with Crippen molar-refractivity contribution >= 4 is 27.3 Å². The molecule has 0 aliphatic carbocycles. The monoisotopic (exact) mass is 309 g/mol. The first-order valence-electron chi connectivity index (χ1n) is 5.59. The molecule has 0 aliphatic rings. The lowest BCUT2D eigenvalue weighted by atomic mass is 10.3. The number of nitro benzene ring substituents is 1. The van der Waals surface area contributed by atoms with Crippen molar-refractivity contribution in [1.82, 2.24) is 0 Å². The Kier molecular flexibility index (Phi) is 4.10. The van der Waals surface area contributed by atoms with Gasteiger partial charge in [-0.1, -0.05) is 30.0 Å². The van der Waals surface area contributed by atoms with Gasteiger partial charge < -0.3 is 0 Å². The van der Waals surface area contributed by atoms with Crippen molar-refractivity contribution < 1.29 is 13.3 Å². The molecule has 0 heterocycles. The molecular formula is C13H11NO4S2. The van der Waals surface area contributed by atoms with Crippen LogP contribution >= 0.6 is 11.8 Å². The molecule has 0 fully saturated rings. The zero-order valence-electron chi connectivity index (χ0n) is 10.5. The van der Waals surface area contributed by atoms with E-state index in [0.29, 0.717) is 4.90 Å². The van der Waals surface area contributed by atoms with E-state index in [4.69, 9.17) is 0 Å². The van der Waals surface area contributed by atoms with Crippen molar-refractivity contribution in [2.75, 3.05) is 6.26 Å². The molecule has 5 nitrogen and oxygen atoms in total. The second kappa shape index (κ2) is 5.64. The molecule has 0 saturated carbocycles. The summed E-state index contributed by atoms with van der Waals surface area (Å²) < 4.78 is 23.6. The van der Waals surface area contributed by atoms with Crippen LogP contribution in [-0.4, -0.2) is 19.6 Å². The number of hydrogen-bond acceptors (Lipinski definition) is 5. The first kappa shape index (κ1) is 14.5. The van der Waals surface area contributed by atoms with Gasteiger partial charge in [0.15, 0.2) is 9.84 Å². The quantitative estimate of drug-likeness (QED) is 0.640. The molecule has 0 unspecified atom stereocenters. The summed E-state index contributed by atoms with van der Waals surface area (Å²) in [5.41, 5.74) is -0.233. The molecule has 0 bridgehead atoms. The summed E-state index contributed by atoms with van der Waals surface area (Å²) in [5.74, 6) is 0. The maximum absolute atomic E-state index is 11.8. The average molecular weight is 309 g/mol. The van der Waals surface area contributed by atoms with E-state index in [1.54, 1.807) is 0 Å². The molecule has 20 heavy (non-hydrogen) atoms. The third-order valence-corrected chi connectivity index (χ3v) is 4.86. The van der Waals surface area contributed by atoms with Crippen LogP contribution in [0.2, 0.25) is 0 Å². The van der Waals surface area contributed by atoms with Gasteiger partial charge in [-0.25, -0.2) is 8.42 Å². The summed E-state index contributed by atoms with van der Waals surface area (Å²) in [6.45, 7) is 0. The molecule has 104 valence electrons. The van der Waals surface area contributed by atoms with Crippen LogP contribution in [0.15, 0.2) is 63.2 Å². The second-order valence-electron chi connectivity index (χ2n) is 4.08. The van der Waals surface area contributed by atoms with Crippen LogP contribution in [0, 0.1) is 10.1 Å². The van der Waals surface area contributed by atoms with Gasteiger partial charge in [-0.15, -0.1) is 0 Å². The lowest BCUT2D eigenvalue weighted by Gasteiger charge is -2.07. The number of nitrogens with zero attached hydrogens (tertiary/aromatic N) is 1. The Balaban J connectivity index is 2.50. The SMILES string of the molecule is CS(=O)(=O)c1cc([N+](=O)[O-])ccc1Sc1ccccc1. The van der Waals surface area contributed by atoms with Crippen LogP contribution in [0.4, 0.5) is 5.69 Å². The molecule has 0 N–H and O–H groups in total. The third-order valence-electron chi connectivity index (χ3n) is 2.51. The van der Waals surface area contributed by atoms with Crippen molar-refractivity contribution in [2.45, 2.75) is 14.7 Å². The number of benzene rings is 2. The molecule has 0 amide bonds. The smallest absolute Gasteiger partial charge is 0.258 e. The highest BCUT2D eigenvalue weighted by Gasteiger charge is 2.19. The fourth-order valence-corrected chi connectivity index (χ4v) is 3.79. The topological polar surface area (TPSA) is 77.3 Å². The van der Waals surface area contributed by atoms with Crippen LogP contribution in [0.25, 0.3) is 0 Å². The highest BCUT2D eigenvalue weighted by atomic mass is 32.2. The minimum Gasteiger partial charge on any atom is -0.258 e. The normalized spacial score (nSPS) is 11.2. The van der Waals surface area contributed by atoms with Crippen LogP contribution in [0.1, 0.15) is 0 Å². The summed E-state index contributed by atoms with van der Waals surface area (Å²) in [4.78, 5) is 11.5. The zero-order valence-corrected chi connectivity index (χ0v) is 12.1. The first-order chi connectivity index (χ1) is 9.38. The van der Waals surface area contributed by atoms with Gasteiger partial charge in [-0.2, -0.15) is 0 Å². The minimum absolute atomic E-state index is 0.0273. The van der Waals surface area contributed by atoms with Crippen molar-refractivity contribution in [3.63, 3.8) is 0 Å². The number of sulfone groups is 1. The lowest BCUT2D eigenvalue weighted by Crippen LogP contribution is -2.01. The van der Waals surface area contributed by atoms with E-state index in [1.807, 2.05) is 30.3 Å². The Labute approximate surface area is 120 Å².